The molecule has 0 amide bonds. The van der Waals surface area contributed by atoms with Gasteiger partial charge in [-0.05, 0) is 36.6 Å². The van der Waals surface area contributed by atoms with Crippen molar-refractivity contribution in [2.45, 2.75) is 25.4 Å². The molecule has 1 fully saturated rings. The Labute approximate surface area is 126 Å². The second-order valence-electron chi connectivity index (χ2n) is 5.51. The zero-order valence-corrected chi connectivity index (χ0v) is 12.7. The first-order chi connectivity index (χ1) is 10.3. The first kappa shape index (κ1) is 14.0. The van der Waals surface area contributed by atoms with Crippen molar-refractivity contribution in [3.63, 3.8) is 0 Å². The minimum atomic E-state index is 0.717. The number of para-hydroxylation sites is 3. The molecule has 21 heavy (non-hydrogen) atoms. The predicted molar refractivity (Wildman–Crippen MR) is 87.4 cm³/mol. The van der Waals surface area contributed by atoms with Crippen molar-refractivity contribution < 1.29 is 4.74 Å². The van der Waals surface area contributed by atoms with Gasteiger partial charge in [-0.2, -0.15) is 0 Å². The molecule has 110 valence electrons. The van der Waals surface area contributed by atoms with Crippen molar-refractivity contribution in [2.24, 2.45) is 0 Å². The second kappa shape index (κ2) is 6.19. The van der Waals surface area contributed by atoms with Crippen molar-refractivity contribution >= 4 is 11.4 Å². The first-order valence-corrected chi connectivity index (χ1v) is 7.47. The fourth-order valence-electron chi connectivity index (χ4n) is 2.57. The van der Waals surface area contributed by atoms with Crippen LogP contribution < -0.4 is 15.0 Å². The van der Waals surface area contributed by atoms with Gasteiger partial charge in [0, 0.05) is 25.3 Å². The smallest absolute Gasteiger partial charge is 0.142 e. The quantitative estimate of drug-likeness (QED) is 0.874. The van der Waals surface area contributed by atoms with Gasteiger partial charge in [-0.25, -0.2) is 0 Å². The molecule has 1 saturated carbocycles. The van der Waals surface area contributed by atoms with Crippen molar-refractivity contribution in [1.82, 2.24) is 5.32 Å². The van der Waals surface area contributed by atoms with E-state index in [-0.39, 0.29) is 0 Å². The third-order valence-electron chi connectivity index (χ3n) is 3.96. The van der Waals surface area contributed by atoms with Gasteiger partial charge in [-0.15, -0.1) is 0 Å². The standard InChI is InChI=1S/C18H22N2O/c1-20(17-9-5-6-10-18(17)21-2)16-8-4-3-7-14(16)13-19-15-11-12-15/h3-10,15,19H,11-13H2,1-2H3. The van der Waals surface area contributed by atoms with E-state index < -0.39 is 0 Å². The molecule has 0 bridgehead atoms. The Kier molecular flexibility index (Phi) is 4.11. The van der Waals surface area contributed by atoms with Crippen LogP contribution in [-0.2, 0) is 6.54 Å². The Morgan fingerprint density at radius 3 is 2.43 bits per heavy atom. The number of nitrogens with zero attached hydrogens (tertiary/aromatic N) is 1. The van der Waals surface area contributed by atoms with Crippen LogP contribution >= 0.6 is 0 Å². The van der Waals surface area contributed by atoms with Crippen LogP contribution in [0.25, 0.3) is 0 Å². The highest BCUT2D eigenvalue weighted by Crippen LogP contribution is 2.34. The van der Waals surface area contributed by atoms with Crippen LogP contribution in [0.2, 0.25) is 0 Å². The van der Waals surface area contributed by atoms with Gasteiger partial charge in [-0.3, -0.25) is 0 Å². The van der Waals surface area contributed by atoms with E-state index >= 15 is 0 Å². The average molecular weight is 282 g/mol. The summed E-state index contributed by atoms with van der Waals surface area (Å²) in [5, 5.41) is 3.59. The number of hydrogen-bond donors (Lipinski definition) is 1. The van der Waals surface area contributed by atoms with Gasteiger partial charge in [0.2, 0.25) is 0 Å². The Bertz CT molecular complexity index is 608. The van der Waals surface area contributed by atoms with E-state index in [1.165, 1.54) is 24.1 Å². The monoisotopic (exact) mass is 282 g/mol. The van der Waals surface area contributed by atoms with Crippen LogP contribution in [0.3, 0.4) is 0 Å². The summed E-state index contributed by atoms with van der Waals surface area (Å²) in [5.41, 5.74) is 3.62. The molecule has 0 unspecified atom stereocenters. The van der Waals surface area contributed by atoms with Crippen molar-refractivity contribution in [1.29, 1.82) is 0 Å². The summed E-state index contributed by atoms with van der Waals surface area (Å²) < 4.78 is 5.48. The Morgan fingerprint density at radius 2 is 1.71 bits per heavy atom. The first-order valence-electron chi connectivity index (χ1n) is 7.47. The van der Waals surface area contributed by atoms with Gasteiger partial charge in [0.05, 0.1) is 12.8 Å². The Hall–Kier alpha value is -2.00. The highest BCUT2D eigenvalue weighted by atomic mass is 16.5. The molecule has 3 nitrogen and oxygen atoms in total. The molecule has 2 aromatic rings. The van der Waals surface area contributed by atoms with E-state index in [0.717, 1.165) is 24.0 Å². The zero-order chi connectivity index (χ0) is 14.7. The maximum Gasteiger partial charge on any atom is 0.142 e. The molecule has 0 saturated heterocycles. The van der Waals surface area contributed by atoms with Crippen molar-refractivity contribution in [3.05, 3.63) is 54.1 Å². The van der Waals surface area contributed by atoms with Crippen molar-refractivity contribution in [2.75, 3.05) is 19.1 Å². The van der Waals surface area contributed by atoms with Crippen LogP contribution in [0, 0.1) is 0 Å². The maximum atomic E-state index is 5.48. The third-order valence-corrected chi connectivity index (χ3v) is 3.96. The Morgan fingerprint density at radius 1 is 1.05 bits per heavy atom. The second-order valence-corrected chi connectivity index (χ2v) is 5.51. The molecule has 0 heterocycles. The lowest BCUT2D eigenvalue weighted by Crippen LogP contribution is -2.19. The van der Waals surface area contributed by atoms with E-state index in [1.807, 2.05) is 18.2 Å². The Balaban J connectivity index is 1.87. The number of benzene rings is 2. The van der Waals surface area contributed by atoms with E-state index in [4.69, 9.17) is 4.74 Å². The maximum absolute atomic E-state index is 5.48. The number of methoxy groups -OCH3 is 1. The SMILES string of the molecule is COc1ccccc1N(C)c1ccccc1CNC1CC1. The predicted octanol–water partition coefficient (Wildman–Crippen LogP) is 3.72. The molecule has 0 aromatic heterocycles. The molecule has 1 aliphatic rings. The number of hydrogen-bond acceptors (Lipinski definition) is 3. The van der Waals surface area contributed by atoms with E-state index in [1.54, 1.807) is 7.11 Å². The largest absolute Gasteiger partial charge is 0.495 e. The normalized spacial score (nSPS) is 14.0. The molecule has 3 heteroatoms. The fourth-order valence-corrected chi connectivity index (χ4v) is 2.57. The summed E-state index contributed by atoms with van der Waals surface area (Å²) in [6.45, 7) is 0.917. The summed E-state index contributed by atoms with van der Waals surface area (Å²) >= 11 is 0. The fraction of sp³-hybridized carbons (Fsp3) is 0.333. The molecule has 0 aliphatic heterocycles. The van der Waals surface area contributed by atoms with Crippen LogP contribution in [0.1, 0.15) is 18.4 Å². The van der Waals surface area contributed by atoms with Gasteiger partial charge >= 0.3 is 0 Å². The van der Waals surface area contributed by atoms with E-state index in [0.29, 0.717) is 0 Å². The number of ether oxygens (including phenoxy) is 1. The minimum Gasteiger partial charge on any atom is -0.495 e. The van der Waals surface area contributed by atoms with Gasteiger partial charge in [0.1, 0.15) is 5.75 Å². The molecule has 1 N–H and O–H groups in total. The summed E-state index contributed by atoms with van der Waals surface area (Å²) in [7, 11) is 3.81. The van der Waals surface area contributed by atoms with Crippen LogP contribution in [0.15, 0.2) is 48.5 Å². The molecule has 0 atom stereocenters. The zero-order valence-electron chi connectivity index (χ0n) is 12.7. The highest BCUT2D eigenvalue weighted by Gasteiger charge is 2.21. The van der Waals surface area contributed by atoms with Crippen LogP contribution in [-0.4, -0.2) is 20.2 Å². The van der Waals surface area contributed by atoms with Gasteiger partial charge < -0.3 is 15.0 Å². The molecular formula is C18H22N2O. The van der Waals surface area contributed by atoms with Crippen molar-refractivity contribution in [3.8, 4) is 5.75 Å². The lowest BCUT2D eigenvalue weighted by molar-refractivity contribution is 0.415. The van der Waals surface area contributed by atoms with E-state index in [9.17, 15) is 0 Å². The van der Waals surface area contributed by atoms with Gasteiger partial charge in [0.15, 0.2) is 0 Å². The molecule has 2 aromatic carbocycles. The molecule has 0 radical (unpaired) electrons. The van der Waals surface area contributed by atoms with Gasteiger partial charge in [-0.1, -0.05) is 30.3 Å². The highest BCUT2D eigenvalue weighted by molar-refractivity contribution is 5.70. The number of nitrogens with one attached hydrogen (secondary N) is 1. The number of anilines is 2. The molecular weight excluding hydrogens is 260 g/mol. The lowest BCUT2D eigenvalue weighted by Gasteiger charge is -2.24. The molecule has 1 aliphatic carbocycles. The molecule has 0 spiro atoms. The summed E-state index contributed by atoms with van der Waals surface area (Å²) in [4.78, 5) is 2.20. The summed E-state index contributed by atoms with van der Waals surface area (Å²) in [6.07, 6.45) is 2.62. The third kappa shape index (κ3) is 3.19. The van der Waals surface area contributed by atoms with Gasteiger partial charge in [0.25, 0.3) is 0 Å². The number of rotatable bonds is 6. The summed E-state index contributed by atoms with van der Waals surface area (Å²) in [6, 6.07) is 17.4. The van der Waals surface area contributed by atoms with Crippen LogP contribution in [0.5, 0.6) is 5.75 Å². The van der Waals surface area contributed by atoms with E-state index in [2.05, 4.69) is 47.6 Å². The van der Waals surface area contributed by atoms with Crippen LogP contribution in [0.4, 0.5) is 11.4 Å². The molecule has 3 rings (SSSR count). The topological polar surface area (TPSA) is 24.5 Å². The lowest BCUT2D eigenvalue weighted by atomic mass is 10.1. The summed E-state index contributed by atoms with van der Waals surface area (Å²) in [5.74, 6) is 0.893. The minimum absolute atomic E-state index is 0.717. The average Bonchev–Trinajstić information content (AvgIpc) is 3.37.